The molecule has 0 fully saturated rings. The van der Waals surface area contributed by atoms with Crippen LogP contribution in [0.25, 0.3) is 0 Å². The molecule has 4 nitrogen and oxygen atoms in total. The zero-order chi connectivity index (χ0) is 10.6. The lowest BCUT2D eigenvalue weighted by molar-refractivity contribution is -0.199. The molecule has 1 heterocycles. The Kier molecular flexibility index (Phi) is 3.52. The molecule has 0 spiro atoms. The van der Waals surface area contributed by atoms with Gasteiger partial charge in [-0.2, -0.15) is 0 Å². The Bertz CT molecular complexity index is 243. The first-order valence-electron chi connectivity index (χ1n) is 4.71. The Morgan fingerprint density at radius 2 is 2.36 bits per heavy atom. The molecule has 0 bridgehead atoms. The first kappa shape index (κ1) is 11.0. The van der Waals surface area contributed by atoms with E-state index in [0.29, 0.717) is 19.0 Å². The van der Waals surface area contributed by atoms with Crippen LogP contribution in [0.1, 0.15) is 27.2 Å². The van der Waals surface area contributed by atoms with Crippen molar-refractivity contribution in [3.8, 4) is 0 Å². The molecule has 80 valence electrons. The van der Waals surface area contributed by atoms with E-state index in [-0.39, 0.29) is 12.4 Å². The van der Waals surface area contributed by atoms with Crippen LogP contribution in [0.5, 0.6) is 0 Å². The third kappa shape index (κ3) is 3.38. The third-order valence-corrected chi connectivity index (χ3v) is 1.74. The molecule has 0 atom stereocenters. The molecule has 0 aromatic rings. The maximum absolute atomic E-state index is 11.1. The summed E-state index contributed by atoms with van der Waals surface area (Å²) in [5, 5.41) is 0. The summed E-state index contributed by atoms with van der Waals surface area (Å²) in [6.45, 7) is 6.27. The van der Waals surface area contributed by atoms with Crippen LogP contribution < -0.4 is 0 Å². The molecule has 0 aliphatic carbocycles. The predicted molar refractivity (Wildman–Crippen MR) is 50.4 cm³/mol. The molecule has 0 saturated carbocycles. The van der Waals surface area contributed by atoms with Crippen molar-refractivity contribution in [2.75, 3.05) is 13.2 Å². The molecule has 0 unspecified atom stereocenters. The molecule has 0 aromatic carbocycles. The molecule has 0 aromatic heterocycles. The van der Waals surface area contributed by atoms with Gasteiger partial charge in [0.15, 0.2) is 0 Å². The van der Waals surface area contributed by atoms with Gasteiger partial charge in [0.25, 0.3) is 0 Å². The number of hydrogen-bond donors (Lipinski definition) is 0. The van der Waals surface area contributed by atoms with E-state index in [0.717, 1.165) is 0 Å². The minimum atomic E-state index is -0.642. The Labute approximate surface area is 83.8 Å². The van der Waals surface area contributed by atoms with Crippen LogP contribution in [0.4, 0.5) is 0 Å². The molecule has 0 saturated heterocycles. The zero-order valence-electron chi connectivity index (χ0n) is 8.83. The van der Waals surface area contributed by atoms with Crippen molar-refractivity contribution in [3.63, 3.8) is 0 Å². The highest BCUT2D eigenvalue weighted by atomic mass is 16.7. The number of esters is 1. The van der Waals surface area contributed by atoms with Crippen LogP contribution >= 0.6 is 0 Å². The first-order valence-corrected chi connectivity index (χ1v) is 4.71. The number of carbonyl (C=O) groups excluding carboxylic acids is 1. The Morgan fingerprint density at radius 1 is 1.64 bits per heavy atom. The van der Waals surface area contributed by atoms with Gasteiger partial charge in [-0.25, -0.2) is 0 Å². The van der Waals surface area contributed by atoms with Crippen LogP contribution in [0, 0.1) is 0 Å². The minimum Gasteiger partial charge on any atom is -0.467 e. The monoisotopic (exact) mass is 200 g/mol. The summed E-state index contributed by atoms with van der Waals surface area (Å²) in [6, 6.07) is 0. The van der Waals surface area contributed by atoms with E-state index in [4.69, 9.17) is 14.2 Å². The standard InChI is InChI=1S/C10H16O4/c1-4-12-9(11)7-8-5-6-13-10(2,3)14-8/h5H,4,6-7H2,1-3H3. The van der Waals surface area contributed by atoms with E-state index < -0.39 is 5.79 Å². The van der Waals surface area contributed by atoms with Gasteiger partial charge in [0.1, 0.15) is 12.2 Å². The van der Waals surface area contributed by atoms with Gasteiger partial charge in [-0.3, -0.25) is 4.79 Å². The highest BCUT2D eigenvalue weighted by Crippen LogP contribution is 2.22. The summed E-state index contributed by atoms with van der Waals surface area (Å²) in [6.07, 6.45) is 1.93. The molecule has 0 amide bonds. The summed E-state index contributed by atoms with van der Waals surface area (Å²) >= 11 is 0. The fourth-order valence-corrected chi connectivity index (χ4v) is 1.18. The lowest BCUT2D eigenvalue weighted by Gasteiger charge is -2.31. The van der Waals surface area contributed by atoms with Crippen molar-refractivity contribution >= 4 is 5.97 Å². The molecule has 1 aliphatic rings. The number of rotatable bonds is 3. The molecular formula is C10H16O4. The summed E-state index contributed by atoms with van der Waals surface area (Å²) < 4.78 is 15.5. The third-order valence-electron chi connectivity index (χ3n) is 1.74. The van der Waals surface area contributed by atoms with E-state index in [1.165, 1.54) is 0 Å². The van der Waals surface area contributed by atoms with Crippen LogP contribution in [-0.2, 0) is 19.0 Å². The lowest BCUT2D eigenvalue weighted by Crippen LogP contribution is -2.32. The van der Waals surface area contributed by atoms with Crippen molar-refractivity contribution < 1.29 is 19.0 Å². The van der Waals surface area contributed by atoms with Crippen LogP contribution in [0.2, 0.25) is 0 Å². The van der Waals surface area contributed by atoms with Crippen LogP contribution in [0.3, 0.4) is 0 Å². The fourth-order valence-electron chi connectivity index (χ4n) is 1.18. The smallest absolute Gasteiger partial charge is 0.313 e. The summed E-state index contributed by atoms with van der Waals surface area (Å²) in [7, 11) is 0. The minimum absolute atomic E-state index is 0.181. The van der Waals surface area contributed by atoms with Gasteiger partial charge in [-0.15, -0.1) is 0 Å². The molecule has 1 rings (SSSR count). The lowest BCUT2D eigenvalue weighted by atomic mass is 10.2. The normalized spacial score (nSPS) is 19.5. The molecule has 0 N–H and O–H groups in total. The number of hydrogen-bond acceptors (Lipinski definition) is 4. The number of ether oxygens (including phenoxy) is 3. The van der Waals surface area contributed by atoms with E-state index in [1.807, 2.05) is 13.8 Å². The zero-order valence-corrected chi connectivity index (χ0v) is 8.83. The van der Waals surface area contributed by atoms with E-state index in [2.05, 4.69) is 0 Å². The van der Waals surface area contributed by atoms with Gasteiger partial charge in [0, 0.05) is 13.8 Å². The SMILES string of the molecule is CCOC(=O)CC1=CCOC(C)(C)O1. The Hall–Kier alpha value is -1.03. The van der Waals surface area contributed by atoms with Crippen LogP contribution in [-0.4, -0.2) is 25.0 Å². The maximum Gasteiger partial charge on any atom is 0.313 e. The molecule has 14 heavy (non-hydrogen) atoms. The molecule has 4 heteroatoms. The van der Waals surface area contributed by atoms with Crippen molar-refractivity contribution in [1.82, 2.24) is 0 Å². The average molecular weight is 200 g/mol. The average Bonchev–Trinajstić information content (AvgIpc) is 2.02. The van der Waals surface area contributed by atoms with Gasteiger partial charge in [0.2, 0.25) is 5.79 Å². The summed E-state index contributed by atoms with van der Waals surface area (Å²) in [4.78, 5) is 11.1. The van der Waals surface area contributed by atoms with E-state index in [9.17, 15) is 4.79 Å². The van der Waals surface area contributed by atoms with Crippen molar-refractivity contribution in [1.29, 1.82) is 0 Å². The predicted octanol–water partition coefficient (Wildman–Crippen LogP) is 1.61. The van der Waals surface area contributed by atoms with Crippen molar-refractivity contribution in [3.05, 3.63) is 11.8 Å². The Morgan fingerprint density at radius 3 is 2.93 bits per heavy atom. The highest BCUT2D eigenvalue weighted by Gasteiger charge is 2.25. The molecule has 0 radical (unpaired) electrons. The molecule has 1 aliphatic heterocycles. The maximum atomic E-state index is 11.1. The van der Waals surface area contributed by atoms with Crippen molar-refractivity contribution in [2.45, 2.75) is 33.0 Å². The van der Waals surface area contributed by atoms with Gasteiger partial charge < -0.3 is 14.2 Å². The summed E-state index contributed by atoms with van der Waals surface area (Å²) in [5.41, 5.74) is 0. The van der Waals surface area contributed by atoms with Gasteiger partial charge in [-0.05, 0) is 13.0 Å². The second kappa shape index (κ2) is 4.46. The highest BCUT2D eigenvalue weighted by molar-refractivity contribution is 5.71. The van der Waals surface area contributed by atoms with E-state index >= 15 is 0 Å². The second-order valence-electron chi connectivity index (χ2n) is 3.47. The first-order chi connectivity index (χ1) is 6.53. The van der Waals surface area contributed by atoms with Gasteiger partial charge in [-0.1, -0.05) is 0 Å². The Balaban J connectivity index is 2.45. The van der Waals surface area contributed by atoms with Crippen LogP contribution in [0.15, 0.2) is 11.8 Å². The second-order valence-corrected chi connectivity index (χ2v) is 3.47. The van der Waals surface area contributed by atoms with E-state index in [1.54, 1.807) is 13.0 Å². The van der Waals surface area contributed by atoms with Crippen molar-refractivity contribution in [2.24, 2.45) is 0 Å². The fraction of sp³-hybridized carbons (Fsp3) is 0.700. The van der Waals surface area contributed by atoms with Gasteiger partial charge >= 0.3 is 5.97 Å². The topological polar surface area (TPSA) is 44.8 Å². The number of carbonyl (C=O) groups is 1. The van der Waals surface area contributed by atoms with Gasteiger partial charge in [0.05, 0.1) is 13.2 Å². The molecular weight excluding hydrogens is 184 g/mol. The largest absolute Gasteiger partial charge is 0.467 e. The summed E-state index contributed by atoms with van der Waals surface area (Å²) in [5.74, 6) is -0.285. The quantitative estimate of drug-likeness (QED) is 0.649.